The molecule has 0 saturated carbocycles. The predicted molar refractivity (Wildman–Crippen MR) is 61.8 cm³/mol. The van der Waals surface area contributed by atoms with Crippen LogP contribution in [0.2, 0.25) is 0 Å². The third kappa shape index (κ3) is 2.12. The summed E-state index contributed by atoms with van der Waals surface area (Å²) in [5, 5.41) is 2.76. The molecule has 3 N–H and O–H groups in total. The molecule has 0 aromatic heterocycles. The van der Waals surface area contributed by atoms with Gasteiger partial charge in [0.05, 0.1) is 11.4 Å². The van der Waals surface area contributed by atoms with Crippen LogP contribution in [0, 0.1) is 0 Å². The van der Waals surface area contributed by atoms with Crippen molar-refractivity contribution in [2.75, 3.05) is 11.1 Å². The highest BCUT2D eigenvalue weighted by Crippen LogP contribution is 2.29. The number of hydrogen-bond donors (Lipinski definition) is 2. The van der Waals surface area contributed by atoms with Crippen LogP contribution < -0.4 is 11.1 Å². The SMILES string of the molecule is CC(=O)Nc1cc2c(cc1N)CCCC2. The molecule has 1 aliphatic rings. The van der Waals surface area contributed by atoms with E-state index in [0.717, 1.165) is 18.5 Å². The second kappa shape index (κ2) is 3.93. The summed E-state index contributed by atoms with van der Waals surface area (Å²) < 4.78 is 0. The smallest absolute Gasteiger partial charge is 0.221 e. The van der Waals surface area contributed by atoms with E-state index in [1.165, 1.54) is 30.9 Å². The molecule has 0 bridgehead atoms. The van der Waals surface area contributed by atoms with E-state index in [9.17, 15) is 4.79 Å². The van der Waals surface area contributed by atoms with Crippen molar-refractivity contribution in [2.24, 2.45) is 0 Å². The average molecular weight is 204 g/mol. The van der Waals surface area contributed by atoms with Gasteiger partial charge in [-0.1, -0.05) is 0 Å². The maximum Gasteiger partial charge on any atom is 0.221 e. The Balaban J connectivity index is 2.36. The molecule has 2 rings (SSSR count). The quantitative estimate of drug-likeness (QED) is 0.688. The van der Waals surface area contributed by atoms with Gasteiger partial charge in [-0.15, -0.1) is 0 Å². The number of nitrogens with one attached hydrogen (secondary N) is 1. The number of carbonyl (C=O) groups excluding carboxylic acids is 1. The standard InChI is InChI=1S/C12H16N2O/c1-8(15)14-12-7-10-5-3-2-4-9(10)6-11(12)13/h6-7H,2-5,13H2,1H3,(H,14,15). The molecule has 3 heteroatoms. The molecule has 1 aromatic carbocycles. The largest absolute Gasteiger partial charge is 0.397 e. The van der Waals surface area contributed by atoms with Gasteiger partial charge in [0.25, 0.3) is 0 Å². The number of aryl methyl sites for hydroxylation is 2. The zero-order valence-electron chi connectivity index (χ0n) is 8.97. The molecule has 80 valence electrons. The first-order chi connectivity index (χ1) is 7.16. The van der Waals surface area contributed by atoms with Crippen LogP contribution in [0.3, 0.4) is 0 Å². The zero-order valence-corrected chi connectivity index (χ0v) is 8.97. The molecule has 0 fully saturated rings. The zero-order chi connectivity index (χ0) is 10.8. The van der Waals surface area contributed by atoms with E-state index in [-0.39, 0.29) is 5.91 Å². The lowest BCUT2D eigenvalue weighted by atomic mass is 9.91. The Hall–Kier alpha value is -1.51. The molecule has 3 nitrogen and oxygen atoms in total. The Morgan fingerprint density at radius 2 is 1.87 bits per heavy atom. The maximum atomic E-state index is 11.0. The molecule has 0 radical (unpaired) electrons. The van der Waals surface area contributed by atoms with E-state index in [1.54, 1.807) is 0 Å². The summed E-state index contributed by atoms with van der Waals surface area (Å²) >= 11 is 0. The summed E-state index contributed by atoms with van der Waals surface area (Å²) in [6, 6.07) is 4.02. The van der Waals surface area contributed by atoms with Gasteiger partial charge in [0.1, 0.15) is 0 Å². The number of benzene rings is 1. The molecule has 15 heavy (non-hydrogen) atoms. The van der Waals surface area contributed by atoms with Crippen LogP contribution in [-0.4, -0.2) is 5.91 Å². The molecular weight excluding hydrogens is 188 g/mol. The number of hydrogen-bond acceptors (Lipinski definition) is 2. The van der Waals surface area contributed by atoms with E-state index >= 15 is 0 Å². The lowest BCUT2D eigenvalue weighted by molar-refractivity contribution is -0.114. The van der Waals surface area contributed by atoms with E-state index in [4.69, 9.17) is 5.73 Å². The minimum absolute atomic E-state index is 0.0718. The molecule has 0 atom stereocenters. The average Bonchev–Trinajstić information content (AvgIpc) is 2.18. The van der Waals surface area contributed by atoms with Crippen LogP contribution in [0.5, 0.6) is 0 Å². The van der Waals surface area contributed by atoms with Crippen molar-refractivity contribution in [3.05, 3.63) is 23.3 Å². The fraction of sp³-hybridized carbons (Fsp3) is 0.417. The Kier molecular flexibility index (Phi) is 2.62. The number of anilines is 2. The number of amides is 1. The van der Waals surface area contributed by atoms with E-state index in [2.05, 4.69) is 5.32 Å². The van der Waals surface area contributed by atoms with Crippen molar-refractivity contribution in [1.29, 1.82) is 0 Å². The molecule has 1 aliphatic carbocycles. The van der Waals surface area contributed by atoms with Crippen molar-refractivity contribution < 1.29 is 4.79 Å². The fourth-order valence-electron chi connectivity index (χ4n) is 2.10. The summed E-state index contributed by atoms with van der Waals surface area (Å²) in [7, 11) is 0. The van der Waals surface area contributed by atoms with Gasteiger partial charge in [0.2, 0.25) is 5.91 Å². The highest BCUT2D eigenvalue weighted by Gasteiger charge is 2.12. The summed E-state index contributed by atoms with van der Waals surface area (Å²) in [5.74, 6) is -0.0718. The van der Waals surface area contributed by atoms with E-state index < -0.39 is 0 Å². The van der Waals surface area contributed by atoms with E-state index in [0.29, 0.717) is 5.69 Å². The second-order valence-electron chi connectivity index (χ2n) is 4.10. The number of nitrogen functional groups attached to an aromatic ring is 1. The van der Waals surface area contributed by atoms with Gasteiger partial charge < -0.3 is 11.1 Å². The molecule has 0 aliphatic heterocycles. The highest BCUT2D eigenvalue weighted by atomic mass is 16.1. The Labute approximate surface area is 89.7 Å². The van der Waals surface area contributed by atoms with Crippen LogP contribution in [0.1, 0.15) is 30.9 Å². The lowest BCUT2D eigenvalue weighted by Crippen LogP contribution is -2.11. The topological polar surface area (TPSA) is 55.1 Å². The first-order valence-corrected chi connectivity index (χ1v) is 5.35. The predicted octanol–water partition coefficient (Wildman–Crippen LogP) is 2.11. The van der Waals surface area contributed by atoms with Gasteiger partial charge in [-0.2, -0.15) is 0 Å². The minimum Gasteiger partial charge on any atom is -0.397 e. The summed E-state index contributed by atoms with van der Waals surface area (Å²) in [5.41, 5.74) is 9.98. The van der Waals surface area contributed by atoms with Crippen LogP contribution in [0.4, 0.5) is 11.4 Å². The molecule has 1 amide bonds. The summed E-state index contributed by atoms with van der Waals surface area (Å²) in [6.45, 7) is 1.50. The first kappa shape index (κ1) is 10.0. The number of rotatable bonds is 1. The van der Waals surface area contributed by atoms with Crippen molar-refractivity contribution >= 4 is 17.3 Å². The maximum absolute atomic E-state index is 11.0. The Morgan fingerprint density at radius 1 is 1.27 bits per heavy atom. The van der Waals surface area contributed by atoms with Crippen molar-refractivity contribution in [2.45, 2.75) is 32.6 Å². The number of nitrogens with two attached hydrogens (primary N) is 1. The number of fused-ring (bicyclic) bond motifs is 1. The first-order valence-electron chi connectivity index (χ1n) is 5.35. The van der Waals surface area contributed by atoms with Crippen LogP contribution in [0.25, 0.3) is 0 Å². The van der Waals surface area contributed by atoms with E-state index in [1.807, 2.05) is 12.1 Å². The second-order valence-corrected chi connectivity index (χ2v) is 4.10. The molecular formula is C12H16N2O. The molecule has 0 heterocycles. The molecule has 0 unspecified atom stereocenters. The van der Waals surface area contributed by atoms with Gasteiger partial charge in [-0.3, -0.25) is 4.79 Å². The van der Waals surface area contributed by atoms with Crippen LogP contribution >= 0.6 is 0 Å². The normalized spacial score (nSPS) is 14.5. The third-order valence-electron chi connectivity index (χ3n) is 2.82. The minimum atomic E-state index is -0.0718. The third-order valence-corrected chi connectivity index (χ3v) is 2.82. The Morgan fingerprint density at radius 3 is 2.47 bits per heavy atom. The van der Waals surface area contributed by atoms with Gasteiger partial charge in [-0.05, 0) is 48.9 Å². The van der Waals surface area contributed by atoms with Gasteiger partial charge in [-0.25, -0.2) is 0 Å². The number of carbonyl (C=O) groups is 1. The van der Waals surface area contributed by atoms with Gasteiger partial charge in [0, 0.05) is 6.92 Å². The Bertz CT molecular complexity index is 399. The summed E-state index contributed by atoms with van der Waals surface area (Å²) in [4.78, 5) is 11.0. The van der Waals surface area contributed by atoms with Crippen LogP contribution in [0.15, 0.2) is 12.1 Å². The molecule has 0 saturated heterocycles. The lowest BCUT2D eigenvalue weighted by Gasteiger charge is -2.18. The van der Waals surface area contributed by atoms with Gasteiger partial charge in [0.15, 0.2) is 0 Å². The van der Waals surface area contributed by atoms with Crippen molar-refractivity contribution in [3.8, 4) is 0 Å². The fourth-order valence-corrected chi connectivity index (χ4v) is 2.10. The van der Waals surface area contributed by atoms with Crippen molar-refractivity contribution in [1.82, 2.24) is 0 Å². The highest BCUT2D eigenvalue weighted by molar-refractivity contribution is 5.92. The molecule has 1 aromatic rings. The van der Waals surface area contributed by atoms with Crippen molar-refractivity contribution in [3.63, 3.8) is 0 Å². The van der Waals surface area contributed by atoms with Gasteiger partial charge >= 0.3 is 0 Å². The summed E-state index contributed by atoms with van der Waals surface area (Å²) in [6.07, 6.45) is 4.68. The monoisotopic (exact) mass is 204 g/mol. The molecule has 0 spiro atoms. The van der Waals surface area contributed by atoms with Crippen LogP contribution in [-0.2, 0) is 17.6 Å².